The lowest BCUT2D eigenvalue weighted by Gasteiger charge is -2.33. The quantitative estimate of drug-likeness (QED) is 0.124. The number of unbranched alkanes of at least 4 members (excludes halogenated alkanes) is 10. The number of nitrogens with one attached hydrogen (secondary N) is 1. The molecule has 0 radical (unpaired) electrons. The Kier molecular flexibility index (Phi) is 14.7. The van der Waals surface area contributed by atoms with Crippen molar-refractivity contribution in [2.24, 2.45) is 5.41 Å². The first-order valence-corrected chi connectivity index (χ1v) is 12.0. The average molecular weight is 426 g/mol. The van der Waals surface area contributed by atoms with Crippen LogP contribution in [0.1, 0.15) is 104 Å². The van der Waals surface area contributed by atoms with E-state index in [1.807, 2.05) is 13.8 Å². The maximum Gasteiger partial charge on any atom is 0.385 e. The molecule has 0 saturated carbocycles. The number of carbonyl (C=O) groups is 2. The summed E-state index contributed by atoms with van der Waals surface area (Å²) >= 11 is 0. The van der Waals surface area contributed by atoms with Crippen LogP contribution in [0.3, 0.4) is 0 Å². The van der Waals surface area contributed by atoms with Crippen molar-refractivity contribution < 1.29 is 19.2 Å². The van der Waals surface area contributed by atoms with Gasteiger partial charge in [-0.05, 0) is 32.1 Å². The van der Waals surface area contributed by atoms with E-state index < -0.39 is 17.6 Å². The van der Waals surface area contributed by atoms with Gasteiger partial charge in [0.1, 0.15) is 0 Å². The van der Waals surface area contributed by atoms with E-state index in [4.69, 9.17) is 0 Å². The van der Waals surface area contributed by atoms with Gasteiger partial charge in [0.15, 0.2) is 0 Å². The highest BCUT2D eigenvalue weighted by Gasteiger charge is 2.37. The molecule has 0 aliphatic rings. The minimum Gasteiger partial charge on any atom is -0.475 e. The van der Waals surface area contributed by atoms with Crippen LogP contribution < -0.4 is 5.32 Å². The average Bonchev–Trinajstić information content (AvgIpc) is 2.64. The molecule has 2 N–H and O–H groups in total. The number of rotatable bonds is 18. The van der Waals surface area contributed by atoms with Gasteiger partial charge in [0, 0.05) is 5.41 Å². The summed E-state index contributed by atoms with van der Waals surface area (Å²) < 4.78 is 0.156. The summed E-state index contributed by atoms with van der Waals surface area (Å²) in [6.45, 7) is 6.06. The Morgan fingerprint density at radius 1 is 0.867 bits per heavy atom. The molecule has 0 fully saturated rings. The zero-order valence-corrected chi connectivity index (χ0v) is 20.6. The van der Waals surface area contributed by atoms with E-state index in [0.717, 1.165) is 25.7 Å². The summed E-state index contributed by atoms with van der Waals surface area (Å²) in [5.41, 5.74) is -0.556. The Bertz CT molecular complexity index is 507. The fraction of sp³-hybridized carbons (Fsp3) is 0.840. The van der Waals surface area contributed by atoms with E-state index >= 15 is 0 Å². The Morgan fingerprint density at radius 2 is 1.33 bits per heavy atom. The monoisotopic (exact) mass is 425 g/mol. The SMILES string of the molecule is CCCCCCCC/C=C\CCCCCCC(C)(C)C(=O)NC(C(=O)O)[N+](C)(C)C. The number of quaternary nitrogens is 1. The third kappa shape index (κ3) is 13.8. The summed E-state index contributed by atoms with van der Waals surface area (Å²) in [5.74, 6) is -1.18. The molecular formula is C25H49N2O3+. The number of amides is 1. The maximum absolute atomic E-state index is 12.6. The first kappa shape index (κ1) is 28.6. The van der Waals surface area contributed by atoms with Crippen LogP contribution >= 0.6 is 0 Å². The minimum absolute atomic E-state index is 0.156. The largest absolute Gasteiger partial charge is 0.475 e. The van der Waals surface area contributed by atoms with Crippen molar-refractivity contribution in [2.45, 2.75) is 110 Å². The fourth-order valence-electron chi connectivity index (χ4n) is 3.48. The third-order valence-electron chi connectivity index (χ3n) is 5.70. The second-order valence-corrected chi connectivity index (χ2v) is 10.2. The maximum atomic E-state index is 12.6. The van der Waals surface area contributed by atoms with Gasteiger partial charge in [-0.15, -0.1) is 0 Å². The Labute approximate surface area is 185 Å². The van der Waals surface area contributed by atoms with E-state index in [0.29, 0.717) is 0 Å². The second-order valence-electron chi connectivity index (χ2n) is 10.2. The van der Waals surface area contributed by atoms with Gasteiger partial charge in [-0.3, -0.25) is 10.1 Å². The molecule has 0 aromatic carbocycles. The zero-order chi connectivity index (χ0) is 23.0. The lowest BCUT2D eigenvalue weighted by atomic mass is 9.85. The smallest absolute Gasteiger partial charge is 0.385 e. The lowest BCUT2D eigenvalue weighted by Crippen LogP contribution is -2.61. The standard InChI is InChI=1S/C25H48N2O3/c1-7-8-9-10-11-12-13-14-15-16-17-18-19-20-21-25(2,3)24(30)26-22(23(28)29)27(4,5)6/h14-15,22H,7-13,16-21H2,1-6H3,(H-,26,28,29,30)/p+1/b15-14-. The molecule has 1 amide bonds. The lowest BCUT2D eigenvalue weighted by molar-refractivity contribution is -0.889. The van der Waals surface area contributed by atoms with Crippen LogP contribution in [-0.2, 0) is 9.59 Å². The van der Waals surface area contributed by atoms with Crippen LogP contribution in [0.4, 0.5) is 0 Å². The van der Waals surface area contributed by atoms with Gasteiger partial charge < -0.3 is 9.59 Å². The molecule has 30 heavy (non-hydrogen) atoms. The zero-order valence-electron chi connectivity index (χ0n) is 20.6. The van der Waals surface area contributed by atoms with Crippen LogP contribution in [0.5, 0.6) is 0 Å². The van der Waals surface area contributed by atoms with Gasteiger partial charge >= 0.3 is 5.97 Å². The summed E-state index contributed by atoms with van der Waals surface area (Å²) in [7, 11) is 5.32. The number of nitrogens with zero attached hydrogens (tertiary/aromatic N) is 1. The van der Waals surface area contributed by atoms with Crippen molar-refractivity contribution in [3.63, 3.8) is 0 Å². The molecule has 1 unspecified atom stereocenters. The van der Waals surface area contributed by atoms with Crippen molar-refractivity contribution in [3.8, 4) is 0 Å². The molecule has 0 heterocycles. The van der Waals surface area contributed by atoms with Crippen molar-refractivity contribution in [1.82, 2.24) is 5.32 Å². The highest BCUT2D eigenvalue weighted by molar-refractivity contribution is 5.86. The van der Waals surface area contributed by atoms with E-state index in [9.17, 15) is 14.7 Å². The van der Waals surface area contributed by atoms with Crippen LogP contribution in [0, 0.1) is 5.41 Å². The van der Waals surface area contributed by atoms with E-state index in [1.54, 1.807) is 21.1 Å². The van der Waals surface area contributed by atoms with Crippen molar-refractivity contribution in [1.29, 1.82) is 0 Å². The van der Waals surface area contributed by atoms with Gasteiger partial charge in [-0.25, -0.2) is 4.79 Å². The number of carbonyl (C=O) groups excluding carboxylic acids is 1. The molecule has 0 saturated heterocycles. The predicted molar refractivity (Wildman–Crippen MR) is 126 cm³/mol. The molecule has 0 aromatic heterocycles. The van der Waals surface area contributed by atoms with Crippen molar-refractivity contribution in [2.75, 3.05) is 21.1 Å². The topological polar surface area (TPSA) is 66.4 Å². The molecular weight excluding hydrogens is 376 g/mol. The number of hydrogen-bond donors (Lipinski definition) is 2. The first-order valence-electron chi connectivity index (χ1n) is 12.0. The van der Waals surface area contributed by atoms with Crippen LogP contribution in [0.15, 0.2) is 12.2 Å². The molecule has 0 aliphatic heterocycles. The molecule has 5 nitrogen and oxygen atoms in total. The fourth-order valence-corrected chi connectivity index (χ4v) is 3.48. The third-order valence-corrected chi connectivity index (χ3v) is 5.70. The van der Waals surface area contributed by atoms with Gasteiger partial charge in [-0.1, -0.05) is 84.3 Å². The molecule has 0 aromatic rings. The van der Waals surface area contributed by atoms with E-state index in [1.165, 1.54) is 57.8 Å². The summed E-state index contributed by atoms with van der Waals surface area (Å²) in [4.78, 5) is 24.1. The number of aliphatic carboxylic acids is 1. The molecule has 1 atom stereocenters. The minimum atomic E-state index is -1.00. The molecule has 176 valence electrons. The second kappa shape index (κ2) is 15.4. The molecule has 5 heteroatoms. The molecule has 0 bridgehead atoms. The van der Waals surface area contributed by atoms with Crippen LogP contribution in [-0.4, -0.2) is 48.8 Å². The molecule has 0 spiro atoms. The number of likely N-dealkylation sites (N-methyl/N-ethyl adjacent to an activating group) is 1. The van der Waals surface area contributed by atoms with E-state index in [-0.39, 0.29) is 10.4 Å². The summed E-state index contributed by atoms with van der Waals surface area (Å²) in [6.07, 6.45) is 19.4. The number of hydrogen-bond acceptors (Lipinski definition) is 2. The van der Waals surface area contributed by atoms with E-state index in [2.05, 4.69) is 24.4 Å². The summed E-state index contributed by atoms with van der Waals surface area (Å²) in [6, 6.07) is 0. The van der Waals surface area contributed by atoms with Gasteiger partial charge in [-0.2, -0.15) is 0 Å². The van der Waals surface area contributed by atoms with Crippen LogP contribution in [0.2, 0.25) is 0 Å². The van der Waals surface area contributed by atoms with Crippen LogP contribution in [0.25, 0.3) is 0 Å². The van der Waals surface area contributed by atoms with Gasteiger partial charge in [0.2, 0.25) is 5.91 Å². The van der Waals surface area contributed by atoms with Gasteiger partial charge in [0.05, 0.1) is 21.1 Å². The number of allylic oxidation sites excluding steroid dienone is 2. The summed E-state index contributed by atoms with van der Waals surface area (Å²) in [5, 5.41) is 12.1. The normalized spacial score (nSPS) is 13.5. The van der Waals surface area contributed by atoms with Gasteiger partial charge in [0.25, 0.3) is 6.17 Å². The molecule has 0 rings (SSSR count). The Hall–Kier alpha value is -1.36. The van der Waals surface area contributed by atoms with Crippen molar-refractivity contribution >= 4 is 11.9 Å². The Balaban J connectivity index is 3.92. The molecule has 0 aliphatic carbocycles. The highest BCUT2D eigenvalue weighted by Crippen LogP contribution is 2.25. The Morgan fingerprint density at radius 3 is 1.80 bits per heavy atom. The number of carboxylic acids is 1. The number of carboxylic acid groups (broad SMARTS) is 1. The first-order chi connectivity index (χ1) is 14.0. The van der Waals surface area contributed by atoms with Crippen molar-refractivity contribution in [3.05, 3.63) is 12.2 Å². The predicted octanol–water partition coefficient (Wildman–Crippen LogP) is 5.89. The highest BCUT2D eigenvalue weighted by atomic mass is 16.4.